The van der Waals surface area contributed by atoms with Crippen molar-refractivity contribution in [1.29, 1.82) is 0 Å². The van der Waals surface area contributed by atoms with E-state index in [9.17, 15) is 0 Å². The second-order valence-electron chi connectivity index (χ2n) is 9.39. The molecule has 0 saturated carbocycles. The number of nitrogens with one attached hydrogen (secondary N) is 1. The van der Waals surface area contributed by atoms with Gasteiger partial charge in [0.1, 0.15) is 13.6 Å². The Hall–Kier alpha value is -3.02. The first-order valence-electron chi connectivity index (χ1n) is 12.4. The molecule has 0 fully saturated rings. The van der Waals surface area contributed by atoms with E-state index in [1.54, 1.807) is 14.2 Å². The first-order valence-corrected chi connectivity index (χ1v) is 12.4. The van der Waals surface area contributed by atoms with Crippen molar-refractivity contribution in [2.24, 2.45) is 0 Å². The monoisotopic (exact) mass is 479 g/mol. The summed E-state index contributed by atoms with van der Waals surface area (Å²) in [5.74, 6) is 1.74. The smallest absolute Gasteiger partial charge is 0.352 e. The third kappa shape index (κ3) is 9.27. The van der Waals surface area contributed by atoms with Crippen LogP contribution in [0.25, 0.3) is 5.32 Å². The summed E-state index contributed by atoms with van der Waals surface area (Å²) in [5.41, 5.74) is 9.40. The Kier molecular flexibility index (Phi) is 11.6. The van der Waals surface area contributed by atoms with Crippen LogP contribution in [0.5, 0.6) is 0 Å². The Labute approximate surface area is 211 Å². The number of allylic oxidation sites excluding steroid dienone is 7. The molecule has 0 amide bonds. The summed E-state index contributed by atoms with van der Waals surface area (Å²) in [4.78, 5) is 14.1. The predicted molar refractivity (Wildman–Crippen MR) is 146 cm³/mol. The molecular weight excluding hydrogens is 436 g/mol. The lowest BCUT2D eigenvalue weighted by molar-refractivity contribution is -0.446. The molecule has 0 aliphatic carbocycles. The highest BCUT2D eigenvalue weighted by molar-refractivity contribution is 5.70. The zero-order chi connectivity index (χ0) is 25.8. The van der Waals surface area contributed by atoms with E-state index in [0.717, 1.165) is 50.0 Å². The van der Waals surface area contributed by atoms with E-state index in [1.165, 1.54) is 22.3 Å². The Morgan fingerprint density at radius 1 is 0.914 bits per heavy atom. The lowest BCUT2D eigenvalue weighted by Crippen LogP contribution is -2.08. The molecule has 0 radical (unpaired) electrons. The van der Waals surface area contributed by atoms with E-state index >= 15 is 0 Å². The summed E-state index contributed by atoms with van der Waals surface area (Å²) in [7, 11) is 5.16. The van der Waals surface area contributed by atoms with E-state index in [0.29, 0.717) is 18.3 Å². The molecule has 0 bridgehead atoms. The maximum Gasteiger partial charge on any atom is 0.456 e. The van der Waals surface area contributed by atoms with E-state index in [4.69, 9.17) is 4.84 Å². The third-order valence-corrected chi connectivity index (χ3v) is 5.89. The fourth-order valence-corrected chi connectivity index (χ4v) is 3.83. The minimum atomic E-state index is 0.405. The molecule has 1 aromatic heterocycles. The molecule has 1 aliphatic heterocycles. The maximum atomic E-state index is 5.12. The van der Waals surface area contributed by atoms with Crippen LogP contribution >= 0.6 is 0 Å². The van der Waals surface area contributed by atoms with Crippen molar-refractivity contribution in [2.75, 3.05) is 33.2 Å². The molecule has 2 heterocycles. The minimum absolute atomic E-state index is 0.405. The van der Waals surface area contributed by atoms with Gasteiger partial charge in [0.05, 0.1) is 7.11 Å². The van der Waals surface area contributed by atoms with Gasteiger partial charge in [-0.3, -0.25) is 15.3 Å². The molecule has 1 aliphatic rings. The molecule has 0 unspecified atom stereocenters. The van der Waals surface area contributed by atoms with Crippen LogP contribution < -0.4 is 5.48 Å². The van der Waals surface area contributed by atoms with Gasteiger partial charge in [-0.25, -0.2) is 0 Å². The highest BCUT2D eigenvalue weighted by Gasteiger charge is 2.35. The van der Waals surface area contributed by atoms with Gasteiger partial charge >= 0.3 is 17.5 Å². The largest absolute Gasteiger partial charge is 0.456 e. The molecule has 2 rings (SSSR count). The van der Waals surface area contributed by atoms with Crippen LogP contribution in [0, 0.1) is 0 Å². The van der Waals surface area contributed by atoms with Gasteiger partial charge in [0.2, 0.25) is 0 Å². The SMILES string of the molecule is C[N-]c1nc(NOC)c2c(n1)[N+](C)=C=[N+]2C/C=C(\C)CC/C=C(\C)CC/C=C(\C)CCC=C(C)C. The molecule has 0 aromatic carbocycles. The summed E-state index contributed by atoms with van der Waals surface area (Å²) < 4.78 is 3.87. The van der Waals surface area contributed by atoms with Gasteiger partial charge in [0, 0.05) is 4.98 Å². The second kappa shape index (κ2) is 14.4. The fourth-order valence-electron chi connectivity index (χ4n) is 3.83. The molecule has 1 N–H and O–H groups in total. The van der Waals surface area contributed by atoms with Gasteiger partial charge in [-0.2, -0.15) is 0 Å². The summed E-state index contributed by atoms with van der Waals surface area (Å²) >= 11 is 0. The standard InChI is InChI=1S/C28H43N6O/c1-21(2)12-9-13-22(3)14-10-15-23(4)16-11-17-24(5)18-19-34-20-33(7)27-25(34)26(32-35-8)30-28(29-6)31-27/h12,14,16,18H,9-11,13,15,17,19H2,1-8H3,(H-,29,30,31,32)/q+1/b22-14+,23-16+,24-18+. The number of nitrogens with zero attached hydrogens (tertiary/aromatic N) is 5. The van der Waals surface area contributed by atoms with Gasteiger partial charge in [0.15, 0.2) is 5.82 Å². The van der Waals surface area contributed by atoms with Crippen molar-refractivity contribution in [3.8, 4) is 0 Å². The van der Waals surface area contributed by atoms with Crippen molar-refractivity contribution in [1.82, 2.24) is 9.97 Å². The molecule has 1 aromatic rings. The van der Waals surface area contributed by atoms with Crippen LogP contribution in [0.15, 0.2) is 46.6 Å². The Balaban J connectivity index is 1.88. The lowest BCUT2D eigenvalue weighted by atomic mass is 10.0. The van der Waals surface area contributed by atoms with Crippen molar-refractivity contribution in [2.45, 2.75) is 73.1 Å². The highest BCUT2D eigenvalue weighted by Crippen LogP contribution is 2.36. The van der Waals surface area contributed by atoms with E-state index < -0.39 is 0 Å². The fraction of sp³-hybridized carbons (Fsp3) is 0.536. The molecule has 190 valence electrons. The average Bonchev–Trinajstić information content (AvgIpc) is 3.13. The van der Waals surface area contributed by atoms with Crippen molar-refractivity contribution in [3.63, 3.8) is 0 Å². The summed E-state index contributed by atoms with van der Waals surface area (Å²) in [6.07, 6.45) is 16.0. The van der Waals surface area contributed by atoms with Crippen LogP contribution in [0.1, 0.15) is 73.1 Å². The van der Waals surface area contributed by atoms with Crippen LogP contribution in [-0.2, 0) is 4.84 Å². The molecular formula is C28H43N6O+. The zero-order valence-electron chi connectivity index (χ0n) is 22.9. The zero-order valence-corrected chi connectivity index (χ0v) is 22.9. The Bertz CT molecular complexity index is 1070. The van der Waals surface area contributed by atoms with Crippen molar-refractivity contribution >= 4 is 29.3 Å². The molecule has 7 heteroatoms. The predicted octanol–water partition coefficient (Wildman–Crippen LogP) is 7.34. The summed E-state index contributed by atoms with van der Waals surface area (Å²) in [5, 5.41) is 4.10. The molecule has 7 nitrogen and oxygen atoms in total. The lowest BCUT2D eigenvalue weighted by Gasteiger charge is -2.08. The van der Waals surface area contributed by atoms with Gasteiger partial charge in [0.25, 0.3) is 5.95 Å². The maximum absolute atomic E-state index is 5.12. The molecule has 35 heavy (non-hydrogen) atoms. The summed E-state index contributed by atoms with van der Waals surface area (Å²) in [6, 6.07) is 3.31. The van der Waals surface area contributed by atoms with Crippen LogP contribution in [0.2, 0.25) is 0 Å². The Morgan fingerprint density at radius 2 is 1.49 bits per heavy atom. The molecule has 0 atom stereocenters. The quantitative estimate of drug-likeness (QED) is 0.172. The number of rotatable bonds is 14. The molecule has 0 saturated heterocycles. The number of hydrogen-bond acceptors (Lipinski definition) is 4. The van der Waals surface area contributed by atoms with E-state index in [2.05, 4.69) is 85.7 Å². The number of hydrogen-bond donors (Lipinski definition) is 1. The highest BCUT2D eigenvalue weighted by atomic mass is 16.6. The van der Waals surface area contributed by atoms with E-state index in [1.807, 2.05) is 16.2 Å². The van der Waals surface area contributed by atoms with Crippen LogP contribution in [-0.4, -0.2) is 52.9 Å². The van der Waals surface area contributed by atoms with Crippen LogP contribution in [0.3, 0.4) is 0 Å². The number of fused-ring (bicyclic) bond motifs is 1. The first kappa shape index (κ1) is 28.2. The number of anilines is 1. The third-order valence-electron chi connectivity index (χ3n) is 5.89. The average molecular weight is 480 g/mol. The second-order valence-corrected chi connectivity index (χ2v) is 9.39. The minimum Gasteiger partial charge on any atom is -0.352 e. The normalized spacial score (nSPS) is 13.9. The van der Waals surface area contributed by atoms with Gasteiger partial charge in [-0.15, -0.1) is 9.15 Å². The number of aromatic nitrogens is 2. The van der Waals surface area contributed by atoms with Gasteiger partial charge in [-0.1, -0.05) is 40.5 Å². The van der Waals surface area contributed by atoms with E-state index in [-0.39, 0.29) is 0 Å². The topological polar surface area (TPSA) is 67.2 Å². The van der Waals surface area contributed by atoms with Crippen LogP contribution in [0.4, 0.5) is 23.3 Å². The Morgan fingerprint density at radius 3 is 2.03 bits per heavy atom. The molecule has 0 spiro atoms. The summed E-state index contributed by atoms with van der Waals surface area (Å²) in [6.45, 7) is 11.7. The van der Waals surface area contributed by atoms with Crippen molar-refractivity contribution in [3.05, 3.63) is 51.9 Å². The van der Waals surface area contributed by atoms with Gasteiger partial charge in [-0.05, 0) is 86.3 Å². The van der Waals surface area contributed by atoms with Gasteiger partial charge < -0.3 is 5.32 Å². The first-order chi connectivity index (χ1) is 16.7. The van der Waals surface area contributed by atoms with Crippen molar-refractivity contribution < 1.29 is 14.0 Å².